The van der Waals surface area contributed by atoms with E-state index in [0.717, 1.165) is 68.8 Å². The number of hydrogen-bond acceptors (Lipinski definition) is 5. The molecule has 0 saturated heterocycles. The smallest absolute Gasteiger partial charge is 0.190 e. The summed E-state index contributed by atoms with van der Waals surface area (Å²) in [5.41, 5.74) is 5.18. The Labute approximate surface area is 239 Å². The van der Waals surface area contributed by atoms with Gasteiger partial charge in [0.2, 0.25) is 0 Å². The van der Waals surface area contributed by atoms with Gasteiger partial charge in [0.1, 0.15) is 5.00 Å². The summed E-state index contributed by atoms with van der Waals surface area (Å²) in [5.74, 6) is 0. The van der Waals surface area contributed by atoms with Gasteiger partial charge in [-0.05, 0) is 48.5 Å². The average Bonchev–Trinajstić information content (AvgIpc) is 3.59. The molecule has 4 heterocycles. The van der Waals surface area contributed by atoms with Crippen molar-refractivity contribution in [3.63, 3.8) is 0 Å². The van der Waals surface area contributed by atoms with Crippen LogP contribution in [0.4, 0.5) is 33.4 Å². The van der Waals surface area contributed by atoms with E-state index in [-0.39, 0.29) is 0 Å². The summed E-state index contributed by atoms with van der Waals surface area (Å²) in [6, 6.07) is 44.4. The van der Waals surface area contributed by atoms with Gasteiger partial charge in [-0.1, -0.05) is 78.9 Å². The van der Waals surface area contributed by atoms with Crippen LogP contribution in [0.5, 0.6) is 0 Å². The molecule has 0 fully saturated rings. The normalized spacial score (nSPS) is 17.1. The van der Waals surface area contributed by atoms with Gasteiger partial charge >= 0.3 is 0 Å². The van der Waals surface area contributed by atoms with Crippen LogP contribution in [-0.2, 0) is 4.57 Å². The van der Waals surface area contributed by atoms with Crippen LogP contribution < -0.4 is 25.0 Å². The Morgan fingerprint density at radius 1 is 0.500 bits per heavy atom. The maximum absolute atomic E-state index is 16.3. The van der Waals surface area contributed by atoms with Crippen molar-refractivity contribution in [2.24, 2.45) is 0 Å². The Bertz CT molecular complexity index is 2170. The fraction of sp³-hybridized carbons (Fsp3) is 0. The van der Waals surface area contributed by atoms with Crippen LogP contribution in [0, 0.1) is 0 Å². The van der Waals surface area contributed by atoms with Crippen LogP contribution in [0.1, 0.15) is 0 Å². The highest BCUT2D eigenvalue weighted by Gasteiger charge is 2.51. The highest BCUT2D eigenvalue weighted by atomic mass is 32.1. The Kier molecular flexibility index (Phi) is 4.63. The Balaban J connectivity index is 1.50. The molecular weight excluding hydrogens is 547 g/mol. The minimum Gasteiger partial charge on any atom is -0.307 e. The van der Waals surface area contributed by atoms with Crippen molar-refractivity contribution in [3.8, 4) is 0 Å². The quantitative estimate of drug-likeness (QED) is 0.194. The van der Waals surface area contributed by atoms with Crippen LogP contribution in [-0.4, -0.2) is 0 Å². The maximum Gasteiger partial charge on any atom is 0.190 e. The minimum absolute atomic E-state index is 0.929. The second-order valence-electron chi connectivity index (χ2n) is 10.1. The minimum atomic E-state index is -3.26. The summed E-state index contributed by atoms with van der Waals surface area (Å²) >= 11 is 3.43. The lowest BCUT2D eigenvalue weighted by Gasteiger charge is -2.42. The Morgan fingerprint density at radius 3 is 1.75 bits per heavy atom. The Morgan fingerprint density at radius 2 is 1.05 bits per heavy atom. The fourth-order valence-corrected chi connectivity index (χ4v) is 13.4. The predicted octanol–water partition coefficient (Wildman–Crippen LogP) is 9.32. The van der Waals surface area contributed by atoms with Gasteiger partial charge < -0.3 is 14.4 Å². The summed E-state index contributed by atoms with van der Waals surface area (Å²) in [5, 5.41) is 5.18. The number of fused-ring (bicyclic) bond motifs is 8. The van der Waals surface area contributed by atoms with Crippen LogP contribution in [0.15, 0.2) is 127 Å². The SMILES string of the molecule is O=P12c3sc4ccccc4c3N(c3ccccc3)c3cccc(c31)N(c1ccccc1)c1sc3ccccc3c12. The molecule has 2 aliphatic rings. The van der Waals surface area contributed by atoms with E-state index in [1.54, 1.807) is 22.7 Å². The molecule has 1 unspecified atom stereocenters. The van der Waals surface area contributed by atoms with Gasteiger partial charge in [0.05, 0.1) is 32.3 Å². The van der Waals surface area contributed by atoms with Crippen LogP contribution in [0.25, 0.3) is 20.2 Å². The van der Waals surface area contributed by atoms with Crippen molar-refractivity contribution in [3.05, 3.63) is 127 Å². The Hall–Kier alpha value is -4.15. The molecule has 0 saturated carbocycles. The molecule has 0 spiro atoms. The van der Waals surface area contributed by atoms with Gasteiger partial charge in [0.15, 0.2) is 7.14 Å². The first kappa shape index (κ1) is 22.6. The third kappa shape index (κ3) is 2.82. The van der Waals surface area contributed by atoms with Gasteiger partial charge in [-0.2, -0.15) is 0 Å². The number of benzene rings is 5. The molecule has 40 heavy (non-hydrogen) atoms. The highest BCUT2D eigenvalue weighted by molar-refractivity contribution is 7.91. The van der Waals surface area contributed by atoms with Crippen molar-refractivity contribution >= 4 is 98.7 Å². The average molecular weight is 569 g/mol. The molecule has 0 aliphatic carbocycles. The molecule has 2 aliphatic heterocycles. The third-order valence-electron chi connectivity index (χ3n) is 7.95. The lowest BCUT2D eigenvalue weighted by molar-refractivity contribution is 0.592. The number of para-hydroxylation sites is 2. The zero-order chi connectivity index (χ0) is 26.4. The molecular formula is C34H21N2OPS2. The molecule has 3 nitrogen and oxygen atoms in total. The maximum atomic E-state index is 16.3. The first-order chi connectivity index (χ1) is 19.7. The molecule has 2 aromatic heterocycles. The molecule has 190 valence electrons. The summed E-state index contributed by atoms with van der Waals surface area (Å²) in [7, 11) is -3.26. The van der Waals surface area contributed by atoms with E-state index in [1.165, 1.54) is 0 Å². The van der Waals surface area contributed by atoms with Crippen molar-refractivity contribution in [2.45, 2.75) is 0 Å². The fourth-order valence-electron chi connectivity index (χ4n) is 6.35. The standard InChI is InChI=1S/C34H21N2OPS2/c37-38-31-25-17-8-10-21-29(25)39-33(31)36(23-14-5-2-6-15-23)27-19-11-18-26(32(27)38)35(22-12-3-1-4-13-22)30-24-16-7-9-20-28(24)40-34(30)38/h1-21H. The van der Waals surface area contributed by atoms with E-state index in [2.05, 4.69) is 125 Å². The molecule has 7 aromatic rings. The lowest BCUT2D eigenvalue weighted by Crippen LogP contribution is -2.41. The number of hydrogen-bond donors (Lipinski definition) is 0. The largest absolute Gasteiger partial charge is 0.307 e. The second-order valence-corrected chi connectivity index (χ2v) is 15.0. The summed E-state index contributed by atoms with van der Waals surface area (Å²) in [6.45, 7) is 0. The van der Waals surface area contributed by atoms with Gasteiger partial charge in [-0.25, -0.2) is 0 Å². The zero-order valence-electron chi connectivity index (χ0n) is 21.2. The number of rotatable bonds is 2. The zero-order valence-corrected chi connectivity index (χ0v) is 23.7. The summed E-state index contributed by atoms with van der Waals surface area (Å²) in [6.07, 6.45) is 0. The summed E-state index contributed by atoms with van der Waals surface area (Å²) in [4.78, 5) is 4.67. The number of thiophene rings is 2. The van der Waals surface area contributed by atoms with Gasteiger partial charge in [-0.3, -0.25) is 0 Å². The van der Waals surface area contributed by atoms with E-state index < -0.39 is 7.14 Å². The highest BCUT2D eigenvalue weighted by Crippen LogP contribution is 2.65. The molecule has 0 amide bonds. The van der Waals surface area contributed by atoms with E-state index in [4.69, 9.17) is 0 Å². The van der Waals surface area contributed by atoms with E-state index >= 15 is 4.57 Å². The van der Waals surface area contributed by atoms with Crippen LogP contribution in [0.3, 0.4) is 0 Å². The van der Waals surface area contributed by atoms with Gasteiger partial charge in [0, 0.05) is 31.5 Å². The molecule has 6 heteroatoms. The third-order valence-corrected chi connectivity index (χ3v) is 14.2. The first-order valence-corrected chi connectivity index (χ1v) is 16.6. The van der Waals surface area contributed by atoms with E-state index in [0.29, 0.717) is 0 Å². The molecule has 9 rings (SSSR count). The van der Waals surface area contributed by atoms with Gasteiger partial charge in [-0.15, -0.1) is 22.7 Å². The predicted molar refractivity (Wildman–Crippen MR) is 173 cm³/mol. The molecule has 0 bridgehead atoms. The monoisotopic (exact) mass is 568 g/mol. The summed E-state index contributed by atoms with van der Waals surface area (Å²) < 4.78 is 19.6. The second kappa shape index (κ2) is 8.18. The molecule has 5 aromatic carbocycles. The lowest BCUT2D eigenvalue weighted by atomic mass is 10.1. The van der Waals surface area contributed by atoms with Crippen molar-refractivity contribution in [1.29, 1.82) is 0 Å². The van der Waals surface area contributed by atoms with Crippen molar-refractivity contribution in [1.82, 2.24) is 0 Å². The number of anilines is 6. The molecule has 0 N–H and O–H groups in total. The van der Waals surface area contributed by atoms with E-state index in [1.807, 2.05) is 12.1 Å². The van der Waals surface area contributed by atoms with E-state index in [9.17, 15) is 0 Å². The molecule has 1 atom stereocenters. The number of nitrogens with zero attached hydrogens (tertiary/aromatic N) is 2. The molecule has 0 radical (unpaired) electrons. The van der Waals surface area contributed by atoms with Crippen LogP contribution in [0.2, 0.25) is 0 Å². The van der Waals surface area contributed by atoms with Gasteiger partial charge in [0.25, 0.3) is 0 Å². The first-order valence-electron chi connectivity index (χ1n) is 13.2. The van der Waals surface area contributed by atoms with Crippen molar-refractivity contribution in [2.75, 3.05) is 9.80 Å². The topological polar surface area (TPSA) is 23.6 Å². The van der Waals surface area contributed by atoms with Crippen LogP contribution >= 0.6 is 29.8 Å². The van der Waals surface area contributed by atoms with Crippen molar-refractivity contribution < 1.29 is 4.57 Å².